The van der Waals surface area contributed by atoms with Crippen molar-refractivity contribution in [2.45, 2.75) is 31.7 Å². The number of hydrogen-bond donors (Lipinski definition) is 1. The summed E-state index contributed by atoms with van der Waals surface area (Å²) in [6.07, 6.45) is 1.39. The maximum Gasteiger partial charge on any atom is 0.102 e. The van der Waals surface area contributed by atoms with Gasteiger partial charge >= 0.3 is 0 Å². The zero-order valence-corrected chi connectivity index (χ0v) is 15.8. The molecule has 5 heteroatoms. The summed E-state index contributed by atoms with van der Waals surface area (Å²) in [6.45, 7) is 3.34. The predicted octanol–water partition coefficient (Wildman–Crippen LogP) is 3.30. The fourth-order valence-corrected chi connectivity index (χ4v) is 3.91. The van der Waals surface area contributed by atoms with Crippen molar-refractivity contribution < 1.29 is 9.84 Å². The van der Waals surface area contributed by atoms with Crippen molar-refractivity contribution >= 4 is 16.6 Å². The van der Waals surface area contributed by atoms with Crippen LogP contribution in [0.5, 0.6) is 0 Å². The van der Waals surface area contributed by atoms with Gasteiger partial charge < -0.3 is 14.7 Å². The Morgan fingerprint density at radius 2 is 2.00 bits per heavy atom. The number of anilines is 1. The van der Waals surface area contributed by atoms with E-state index < -0.39 is 6.10 Å². The number of hydrogen-bond acceptors (Lipinski definition) is 5. The summed E-state index contributed by atoms with van der Waals surface area (Å²) in [6, 6.07) is 19.9. The number of aliphatic hydroxyl groups excluding tert-OH is 1. The molecule has 2 aromatic carbocycles. The highest BCUT2D eigenvalue weighted by molar-refractivity contribution is 5.95. The molecule has 0 saturated carbocycles. The molecule has 3 atom stereocenters. The molecule has 4 rings (SSSR count). The van der Waals surface area contributed by atoms with E-state index in [1.165, 1.54) is 0 Å². The molecule has 0 radical (unpaired) electrons. The van der Waals surface area contributed by atoms with Gasteiger partial charge in [0.05, 0.1) is 23.3 Å². The molecule has 2 heterocycles. The number of benzene rings is 2. The van der Waals surface area contributed by atoms with Gasteiger partial charge in [0.2, 0.25) is 0 Å². The molecule has 1 aliphatic rings. The van der Waals surface area contributed by atoms with Gasteiger partial charge in [-0.1, -0.05) is 30.3 Å². The molecule has 142 valence electrons. The molecule has 1 N–H and O–H groups in total. The van der Waals surface area contributed by atoms with E-state index in [4.69, 9.17) is 4.74 Å². The standard InChI is InChI=1S/C23H23N3O2/c1-16-14-26(15-22(28-16)21(27)12-17-6-3-2-4-7-17)20-10-9-18(13-24)23-19(20)8-5-11-25-23/h2-11,16,21-22,27H,12,14-15H2,1H3/t16-,21+,22-/m1/s1. The average molecular weight is 373 g/mol. The Morgan fingerprint density at radius 3 is 2.79 bits per heavy atom. The van der Waals surface area contributed by atoms with Crippen LogP contribution in [0.4, 0.5) is 5.69 Å². The van der Waals surface area contributed by atoms with Crippen LogP contribution in [-0.4, -0.2) is 41.5 Å². The molecule has 1 aliphatic heterocycles. The SMILES string of the molecule is C[C@@H]1CN(c2ccc(C#N)c3ncccc23)C[C@H]([C@@H](O)Cc2ccccc2)O1. The van der Waals surface area contributed by atoms with Crippen molar-refractivity contribution in [3.8, 4) is 6.07 Å². The number of nitrogens with zero attached hydrogens (tertiary/aromatic N) is 3. The van der Waals surface area contributed by atoms with Crippen molar-refractivity contribution in [1.82, 2.24) is 4.98 Å². The molecule has 1 saturated heterocycles. The summed E-state index contributed by atoms with van der Waals surface area (Å²) in [7, 11) is 0. The highest BCUT2D eigenvalue weighted by Crippen LogP contribution is 2.31. The van der Waals surface area contributed by atoms with E-state index in [0.29, 0.717) is 24.0 Å². The number of morpholine rings is 1. The fraction of sp³-hybridized carbons (Fsp3) is 0.304. The molecule has 0 bridgehead atoms. The molecular weight excluding hydrogens is 350 g/mol. The summed E-state index contributed by atoms with van der Waals surface area (Å²) >= 11 is 0. The highest BCUT2D eigenvalue weighted by atomic mass is 16.5. The average Bonchev–Trinajstić information content (AvgIpc) is 2.73. The number of nitriles is 1. The first-order valence-electron chi connectivity index (χ1n) is 9.56. The van der Waals surface area contributed by atoms with E-state index >= 15 is 0 Å². The minimum atomic E-state index is -0.588. The van der Waals surface area contributed by atoms with Crippen molar-refractivity contribution in [3.63, 3.8) is 0 Å². The molecule has 0 amide bonds. The van der Waals surface area contributed by atoms with E-state index in [1.807, 2.05) is 61.5 Å². The normalized spacial score (nSPS) is 20.7. The Hall–Kier alpha value is -2.94. The lowest BCUT2D eigenvalue weighted by molar-refractivity contribution is -0.0791. The van der Waals surface area contributed by atoms with E-state index in [2.05, 4.69) is 16.0 Å². The number of aliphatic hydroxyl groups is 1. The number of aromatic nitrogens is 1. The van der Waals surface area contributed by atoms with Gasteiger partial charge in [0.15, 0.2) is 0 Å². The molecular formula is C23H23N3O2. The molecule has 0 unspecified atom stereocenters. The van der Waals surface area contributed by atoms with Gasteiger partial charge in [-0.2, -0.15) is 5.26 Å². The smallest absolute Gasteiger partial charge is 0.102 e. The first-order chi connectivity index (χ1) is 13.7. The van der Waals surface area contributed by atoms with Crippen LogP contribution < -0.4 is 4.90 Å². The van der Waals surface area contributed by atoms with Gasteiger partial charge in [-0.15, -0.1) is 0 Å². The van der Waals surface area contributed by atoms with E-state index in [0.717, 1.165) is 23.2 Å². The van der Waals surface area contributed by atoms with Crippen LogP contribution in [0.2, 0.25) is 0 Å². The second-order valence-electron chi connectivity index (χ2n) is 7.29. The van der Waals surface area contributed by atoms with Crippen molar-refractivity contribution in [2.75, 3.05) is 18.0 Å². The number of pyridine rings is 1. The van der Waals surface area contributed by atoms with E-state index in [1.54, 1.807) is 6.20 Å². The number of ether oxygens (including phenoxy) is 1. The first kappa shape index (κ1) is 18.4. The van der Waals surface area contributed by atoms with Crippen molar-refractivity contribution in [1.29, 1.82) is 5.26 Å². The Labute approximate surface area is 164 Å². The van der Waals surface area contributed by atoms with E-state index in [9.17, 15) is 10.4 Å². The zero-order valence-electron chi connectivity index (χ0n) is 15.8. The van der Waals surface area contributed by atoms with Crippen LogP contribution in [0, 0.1) is 11.3 Å². The van der Waals surface area contributed by atoms with Crippen LogP contribution in [0.15, 0.2) is 60.8 Å². The third kappa shape index (κ3) is 3.70. The largest absolute Gasteiger partial charge is 0.390 e. The summed E-state index contributed by atoms with van der Waals surface area (Å²) in [4.78, 5) is 6.64. The van der Waals surface area contributed by atoms with Gasteiger partial charge in [-0.25, -0.2) is 0 Å². The topological polar surface area (TPSA) is 69.4 Å². The van der Waals surface area contributed by atoms with Gasteiger partial charge in [0.25, 0.3) is 0 Å². The molecule has 28 heavy (non-hydrogen) atoms. The van der Waals surface area contributed by atoms with Crippen molar-refractivity contribution in [2.24, 2.45) is 0 Å². The lowest BCUT2D eigenvalue weighted by Gasteiger charge is -2.40. The van der Waals surface area contributed by atoms with Crippen LogP contribution in [0.1, 0.15) is 18.1 Å². The Kier molecular flexibility index (Phi) is 5.25. The zero-order chi connectivity index (χ0) is 19.5. The second kappa shape index (κ2) is 7.97. The van der Waals surface area contributed by atoms with Gasteiger partial charge in [0, 0.05) is 36.8 Å². The first-order valence-corrected chi connectivity index (χ1v) is 9.56. The molecule has 5 nitrogen and oxygen atoms in total. The number of rotatable bonds is 4. The Morgan fingerprint density at radius 1 is 1.18 bits per heavy atom. The minimum Gasteiger partial charge on any atom is -0.390 e. The van der Waals surface area contributed by atoms with Crippen LogP contribution in [0.25, 0.3) is 10.9 Å². The minimum absolute atomic E-state index is 0.00784. The lowest BCUT2D eigenvalue weighted by Crippen LogP contribution is -2.51. The Bertz CT molecular complexity index is 1000. The summed E-state index contributed by atoms with van der Waals surface area (Å²) in [5.74, 6) is 0. The molecule has 0 aliphatic carbocycles. The van der Waals surface area contributed by atoms with Gasteiger partial charge in [-0.05, 0) is 36.8 Å². The van der Waals surface area contributed by atoms with Gasteiger partial charge in [0.1, 0.15) is 12.2 Å². The maximum atomic E-state index is 10.8. The third-order valence-electron chi connectivity index (χ3n) is 5.21. The lowest BCUT2D eigenvalue weighted by atomic mass is 10.0. The summed E-state index contributed by atoms with van der Waals surface area (Å²) in [5.41, 5.74) is 3.40. The third-order valence-corrected chi connectivity index (χ3v) is 5.21. The Balaban J connectivity index is 1.61. The summed E-state index contributed by atoms with van der Waals surface area (Å²) in [5, 5.41) is 21.1. The molecule has 1 aromatic heterocycles. The quantitative estimate of drug-likeness (QED) is 0.760. The number of fused-ring (bicyclic) bond motifs is 1. The molecule has 1 fully saturated rings. The molecule has 0 spiro atoms. The maximum absolute atomic E-state index is 10.8. The van der Waals surface area contributed by atoms with Crippen LogP contribution >= 0.6 is 0 Å². The van der Waals surface area contributed by atoms with Gasteiger partial charge in [-0.3, -0.25) is 4.98 Å². The highest BCUT2D eigenvalue weighted by Gasteiger charge is 2.31. The second-order valence-corrected chi connectivity index (χ2v) is 7.29. The van der Waals surface area contributed by atoms with Crippen LogP contribution in [0.3, 0.4) is 0 Å². The van der Waals surface area contributed by atoms with E-state index in [-0.39, 0.29) is 12.2 Å². The predicted molar refractivity (Wildman–Crippen MR) is 109 cm³/mol. The monoisotopic (exact) mass is 373 g/mol. The molecule has 3 aromatic rings. The van der Waals surface area contributed by atoms with Crippen molar-refractivity contribution in [3.05, 3.63) is 71.9 Å². The van der Waals surface area contributed by atoms with Crippen LogP contribution in [-0.2, 0) is 11.2 Å². The fourth-order valence-electron chi connectivity index (χ4n) is 3.91. The summed E-state index contributed by atoms with van der Waals surface area (Å²) < 4.78 is 6.07.